The van der Waals surface area contributed by atoms with Gasteiger partial charge in [0.25, 0.3) is 0 Å². The molecule has 0 aliphatic carbocycles. The second-order valence-electron chi connectivity index (χ2n) is 4.94. The number of morpholine rings is 1. The fraction of sp³-hybridized carbons (Fsp3) is 0.692. The molecule has 1 saturated heterocycles. The van der Waals surface area contributed by atoms with E-state index in [1.165, 1.54) is 0 Å². The predicted molar refractivity (Wildman–Crippen MR) is 68.2 cm³/mol. The average Bonchev–Trinajstić information content (AvgIpc) is 2.39. The normalized spacial score (nSPS) is 21.4. The molecule has 1 atom stereocenters. The molecule has 100 valence electrons. The molecule has 1 N–H and O–H groups in total. The molecule has 1 aromatic rings. The molecule has 1 aromatic heterocycles. The maximum Gasteiger partial charge on any atom is 0.131 e. The summed E-state index contributed by atoms with van der Waals surface area (Å²) in [5, 5.41) is 9.33. The molecule has 0 radical (unpaired) electrons. The fourth-order valence-electron chi connectivity index (χ4n) is 2.05. The van der Waals surface area contributed by atoms with Crippen molar-refractivity contribution in [2.75, 3.05) is 26.4 Å². The van der Waals surface area contributed by atoms with Crippen LogP contribution < -0.4 is 0 Å². The molecule has 0 aromatic carbocycles. The van der Waals surface area contributed by atoms with E-state index in [2.05, 4.69) is 28.7 Å². The summed E-state index contributed by atoms with van der Waals surface area (Å²) in [5.74, 6) is 1.21. The number of aliphatic hydroxyl groups is 1. The van der Waals surface area contributed by atoms with Crippen molar-refractivity contribution in [2.24, 2.45) is 0 Å². The Hall–Kier alpha value is -1.04. The van der Waals surface area contributed by atoms with Crippen LogP contribution in [-0.4, -0.2) is 52.4 Å². The highest BCUT2D eigenvalue weighted by molar-refractivity contribution is 5.05. The van der Waals surface area contributed by atoms with Crippen molar-refractivity contribution in [3.63, 3.8) is 0 Å². The number of hydrogen-bond donors (Lipinski definition) is 1. The van der Waals surface area contributed by atoms with Crippen molar-refractivity contribution < 1.29 is 9.84 Å². The van der Waals surface area contributed by atoms with E-state index in [9.17, 15) is 5.11 Å². The molecule has 2 heterocycles. The highest BCUT2D eigenvalue weighted by Crippen LogP contribution is 2.13. The fourth-order valence-corrected chi connectivity index (χ4v) is 2.05. The van der Waals surface area contributed by atoms with Crippen LogP contribution in [0.25, 0.3) is 0 Å². The van der Waals surface area contributed by atoms with Crippen LogP contribution in [0, 0.1) is 0 Å². The molecule has 1 aliphatic heterocycles. The van der Waals surface area contributed by atoms with Gasteiger partial charge in [0.05, 0.1) is 31.6 Å². The van der Waals surface area contributed by atoms with Crippen LogP contribution in [-0.2, 0) is 11.3 Å². The molecule has 5 nitrogen and oxygen atoms in total. The molecule has 2 rings (SSSR count). The minimum Gasteiger partial charge on any atom is -0.395 e. The van der Waals surface area contributed by atoms with Crippen molar-refractivity contribution in [3.05, 3.63) is 23.8 Å². The van der Waals surface area contributed by atoms with Crippen LogP contribution in [0.15, 0.2) is 12.3 Å². The van der Waals surface area contributed by atoms with Gasteiger partial charge in [-0.2, -0.15) is 0 Å². The van der Waals surface area contributed by atoms with Crippen LogP contribution in [0.5, 0.6) is 0 Å². The molecule has 0 bridgehead atoms. The second kappa shape index (κ2) is 6.22. The van der Waals surface area contributed by atoms with Gasteiger partial charge >= 0.3 is 0 Å². The summed E-state index contributed by atoms with van der Waals surface area (Å²) in [6, 6.07) is 2.02. The first-order chi connectivity index (χ1) is 8.70. The maximum atomic E-state index is 9.33. The van der Waals surface area contributed by atoms with Gasteiger partial charge in [0.1, 0.15) is 5.82 Å². The van der Waals surface area contributed by atoms with Gasteiger partial charge in [0.15, 0.2) is 0 Å². The zero-order valence-corrected chi connectivity index (χ0v) is 11.0. The average molecular weight is 251 g/mol. The van der Waals surface area contributed by atoms with E-state index in [-0.39, 0.29) is 12.6 Å². The topological polar surface area (TPSA) is 58.5 Å². The number of aliphatic hydroxyl groups excluding tert-OH is 1. The van der Waals surface area contributed by atoms with E-state index >= 15 is 0 Å². The van der Waals surface area contributed by atoms with Gasteiger partial charge in [-0.25, -0.2) is 9.97 Å². The Morgan fingerprint density at radius 1 is 1.56 bits per heavy atom. The standard InChI is InChI=1S/C13H21N3O2/c1-10(2)13-14-4-3-11(15-13)7-16-5-6-18-9-12(16)8-17/h3-4,10,12,17H,5-9H2,1-2H3/t12-/m1/s1. The second-order valence-corrected chi connectivity index (χ2v) is 4.94. The highest BCUT2D eigenvalue weighted by Gasteiger charge is 2.22. The zero-order valence-electron chi connectivity index (χ0n) is 11.0. The van der Waals surface area contributed by atoms with E-state index in [1.54, 1.807) is 0 Å². The van der Waals surface area contributed by atoms with E-state index in [0.29, 0.717) is 12.5 Å². The van der Waals surface area contributed by atoms with Crippen molar-refractivity contribution in [1.29, 1.82) is 0 Å². The van der Waals surface area contributed by atoms with Crippen molar-refractivity contribution in [3.8, 4) is 0 Å². The monoisotopic (exact) mass is 251 g/mol. The van der Waals surface area contributed by atoms with Gasteiger partial charge in [0, 0.05) is 25.2 Å². The predicted octanol–water partition coefficient (Wildman–Crippen LogP) is 0.793. The first kappa shape index (κ1) is 13.4. The van der Waals surface area contributed by atoms with E-state index in [1.807, 2.05) is 12.3 Å². The first-order valence-corrected chi connectivity index (χ1v) is 6.45. The molecule has 0 spiro atoms. The quantitative estimate of drug-likeness (QED) is 0.857. The molecule has 1 fully saturated rings. The van der Waals surface area contributed by atoms with Gasteiger partial charge in [0.2, 0.25) is 0 Å². The van der Waals surface area contributed by atoms with E-state index in [0.717, 1.165) is 31.2 Å². The van der Waals surface area contributed by atoms with Crippen molar-refractivity contribution in [1.82, 2.24) is 14.9 Å². The Morgan fingerprint density at radius 3 is 3.11 bits per heavy atom. The summed E-state index contributed by atoms with van der Waals surface area (Å²) in [7, 11) is 0. The number of ether oxygens (including phenoxy) is 1. The third kappa shape index (κ3) is 3.25. The Morgan fingerprint density at radius 2 is 2.39 bits per heavy atom. The largest absolute Gasteiger partial charge is 0.395 e. The Balaban J connectivity index is 2.05. The van der Waals surface area contributed by atoms with Gasteiger partial charge in [-0.15, -0.1) is 0 Å². The summed E-state index contributed by atoms with van der Waals surface area (Å²) in [6.45, 7) is 7.21. The van der Waals surface area contributed by atoms with Gasteiger partial charge in [-0.1, -0.05) is 13.8 Å². The van der Waals surface area contributed by atoms with Crippen molar-refractivity contribution >= 4 is 0 Å². The number of rotatable bonds is 4. The molecule has 1 aliphatic rings. The van der Waals surface area contributed by atoms with Gasteiger partial charge in [-0.3, -0.25) is 4.90 Å². The first-order valence-electron chi connectivity index (χ1n) is 6.45. The maximum absolute atomic E-state index is 9.33. The van der Waals surface area contributed by atoms with Crippen LogP contribution in [0.4, 0.5) is 0 Å². The SMILES string of the molecule is CC(C)c1nccc(CN2CCOC[C@H]2CO)n1. The van der Waals surface area contributed by atoms with Crippen LogP contribution in [0.1, 0.15) is 31.3 Å². The summed E-state index contributed by atoms with van der Waals surface area (Å²) in [4.78, 5) is 11.0. The highest BCUT2D eigenvalue weighted by atomic mass is 16.5. The lowest BCUT2D eigenvalue weighted by molar-refractivity contribution is -0.0317. The Bertz CT molecular complexity index is 384. The molecule has 18 heavy (non-hydrogen) atoms. The molecular weight excluding hydrogens is 230 g/mol. The number of hydrogen-bond acceptors (Lipinski definition) is 5. The smallest absolute Gasteiger partial charge is 0.131 e. The Kier molecular flexibility index (Phi) is 4.63. The lowest BCUT2D eigenvalue weighted by Crippen LogP contribution is -2.47. The van der Waals surface area contributed by atoms with Crippen LogP contribution >= 0.6 is 0 Å². The van der Waals surface area contributed by atoms with E-state index in [4.69, 9.17) is 4.74 Å². The van der Waals surface area contributed by atoms with E-state index < -0.39 is 0 Å². The summed E-state index contributed by atoms with van der Waals surface area (Å²) >= 11 is 0. The molecule has 0 saturated carbocycles. The zero-order chi connectivity index (χ0) is 13.0. The number of nitrogens with zero attached hydrogens (tertiary/aromatic N) is 3. The van der Waals surface area contributed by atoms with Gasteiger partial charge < -0.3 is 9.84 Å². The lowest BCUT2D eigenvalue weighted by Gasteiger charge is -2.34. The summed E-state index contributed by atoms with van der Waals surface area (Å²) in [5.41, 5.74) is 1.01. The third-order valence-electron chi connectivity index (χ3n) is 3.17. The third-order valence-corrected chi connectivity index (χ3v) is 3.17. The Labute approximate surface area is 108 Å². The summed E-state index contributed by atoms with van der Waals surface area (Å²) < 4.78 is 5.37. The minimum absolute atomic E-state index is 0.0798. The lowest BCUT2D eigenvalue weighted by atomic mass is 10.2. The van der Waals surface area contributed by atoms with Gasteiger partial charge in [-0.05, 0) is 6.07 Å². The number of aromatic nitrogens is 2. The molecule has 0 amide bonds. The summed E-state index contributed by atoms with van der Waals surface area (Å²) in [6.07, 6.45) is 1.81. The molecular formula is C13H21N3O2. The van der Waals surface area contributed by atoms with Crippen LogP contribution in [0.2, 0.25) is 0 Å². The molecule has 5 heteroatoms. The minimum atomic E-state index is 0.0798. The van der Waals surface area contributed by atoms with Crippen molar-refractivity contribution in [2.45, 2.75) is 32.4 Å². The van der Waals surface area contributed by atoms with Crippen LogP contribution in [0.3, 0.4) is 0 Å². The molecule has 0 unspecified atom stereocenters.